The Morgan fingerprint density at radius 2 is 2.00 bits per heavy atom. The van der Waals surface area contributed by atoms with Gasteiger partial charge in [-0.15, -0.1) is 0 Å². The highest BCUT2D eigenvalue weighted by atomic mass is 19.4. The summed E-state index contributed by atoms with van der Waals surface area (Å²) in [6.45, 7) is 0. The van der Waals surface area contributed by atoms with Crippen molar-refractivity contribution in [3.63, 3.8) is 0 Å². The Balaban J connectivity index is 0.000000246. The zero-order valence-electron chi connectivity index (χ0n) is 9.76. The van der Waals surface area contributed by atoms with Crippen LogP contribution in [0.15, 0.2) is 41.1 Å². The molecule has 0 atom stereocenters. The van der Waals surface area contributed by atoms with Gasteiger partial charge in [0.2, 0.25) is 0 Å². The molecule has 2 heterocycles. The number of hydrogen-bond acceptors (Lipinski definition) is 4. The molecule has 104 valence electrons. The molecule has 0 aliphatic heterocycles. The molecular formula is C12H7F3N2O3. The van der Waals surface area contributed by atoms with Crippen LogP contribution in [0, 0.1) is 11.3 Å². The Hall–Kier alpha value is -2.82. The maximum Gasteiger partial charge on any atom is 0.490 e. The van der Waals surface area contributed by atoms with E-state index in [1.165, 1.54) is 0 Å². The van der Waals surface area contributed by atoms with Crippen LogP contribution < -0.4 is 0 Å². The average molecular weight is 284 g/mol. The number of aromatic nitrogens is 1. The molecule has 0 aliphatic rings. The van der Waals surface area contributed by atoms with Crippen molar-refractivity contribution in [2.45, 2.75) is 6.18 Å². The van der Waals surface area contributed by atoms with Crippen LogP contribution >= 0.6 is 0 Å². The van der Waals surface area contributed by atoms with Gasteiger partial charge in [-0.1, -0.05) is 0 Å². The van der Waals surface area contributed by atoms with E-state index in [2.05, 4.69) is 11.1 Å². The van der Waals surface area contributed by atoms with E-state index in [0.29, 0.717) is 17.0 Å². The lowest BCUT2D eigenvalue weighted by molar-refractivity contribution is -0.192. The summed E-state index contributed by atoms with van der Waals surface area (Å²) in [5, 5.41) is 15.9. The summed E-state index contributed by atoms with van der Waals surface area (Å²) in [7, 11) is 0. The summed E-state index contributed by atoms with van der Waals surface area (Å²) in [6, 6.07) is 9.05. The molecule has 0 aromatic carbocycles. The molecule has 2 aromatic heterocycles. The van der Waals surface area contributed by atoms with Crippen molar-refractivity contribution < 1.29 is 27.5 Å². The first-order valence-corrected chi connectivity index (χ1v) is 5.05. The third kappa shape index (κ3) is 4.13. The second-order valence-electron chi connectivity index (χ2n) is 3.29. The fraction of sp³-hybridized carbons (Fsp3) is 0.0833. The predicted octanol–water partition coefficient (Wildman–Crippen LogP) is 2.85. The van der Waals surface area contributed by atoms with Gasteiger partial charge in [0.1, 0.15) is 11.8 Å². The third-order valence-electron chi connectivity index (χ3n) is 1.93. The predicted molar refractivity (Wildman–Crippen MR) is 60.3 cm³/mol. The molecule has 20 heavy (non-hydrogen) atoms. The van der Waals surface area contributed by atoms with Gasteiger partial charge in [-0.3, -0.25) is 4.98 Å². The van der Waals surface area contributed by atoms with Gasteiger partial charge >= 0.3 is 12.1 Å². The van der Waals surface area contributed by atoms with Gasteiger partial charge in [0.05, 0.1) is 11.8 Å². The molecule has 2 rings (SSSR count). The molecule has 0 aliphatic carbocycles. The SMILES string of the molecule is N#Cc1cccnc1-c1ccco1.O=C(O)C(F)(F)F. The quantitative estimate of drug-likeness (QED) is 0.870. The lowest BCUT2D eigenvalue weighted by Crippen LogP contribution is -2.21. The Bertz CT molecular complexity index is 616. The molecular weight excluding hydrogens is 277 g/mol. The number of furan rings is 1. The van der Waals surface area contributed by atoms with Crippen molar-refractivity contribution in [1.29, 1.82) is 5.26 Å². The Morgan fingerprint density at radius 3 is 2.45 bits per heavy atom. The Labute approximate surface area is 110 Å². The van der Waals surface area contributed by atoms with Crippen molar-refractivity contribution >= 4 is 5.97 Å². The number of nitriles is 1. The number of aliphatic carboxylic acids is 1. The summed E-state index contributed by atoms with van der Waals surface area (Å²) >= 11 is 0. The van der Waals surface area contributed by atoms with Crippen LogP contribution in [0.4, 0.5) is 13.2 Å². The van der Waals surface area contributed by atoms with Crippen LogP contribution in [-0.4, -0.2) is 22.2 Å². The van der Waals surface area contributed by atoms with Gasteiger partial charge in [-0.05, 0) is 24.3 Å². The lowest BCUT2D eigenvalue weighted by atomic mass is 10.2. The lowest BCUT2D eigenvalue weighted by Gasteiger charge is -1.96. The number of hydrogen-bond donors (Lipinski definition) is 1. The molecule has 1 N–H and O–H groups in total. The number of alkyl halides is 3. The highest BCUT2D eigenvalue weighted by Crippen LogP contribution is 2.20. The first kappa shape index (κ1) is 15.2. The summed E-state index contributed by atoms with van der Waals surface area (Å²) in [6.07, 6.45) is -1.89. The zero-order chi connectivity index (χ0) is 15.2. The van der Waals surface area contributed by atoms with E-state index in [0.717, 1.165) is 0 Å². The number of halogens is 3. The highest BCUT2D eigenvalue weighted by molar-refractivity contribution is 5.73. The van der Waals surface area contributed by atoms with E-state index in [9.17, 15) is 13.2 Å². The molecule has 0 saturated carbocycles. The topological polar surface area (TPSA) is 87.1 Å². The van der Waals surface area contributed by atoms with E-state index in [1.807, 2.05) is 0 Å². The summed E-state index contributed by atoms with van der Waals surface area (Å²) in [5.41, 5.74) is 1.12. The van der Waals surface area contributed by atoms with Gasteiger partial charge in [-0.25, -0.2) is 4.79 Å². The minimum atomic E-state index is -5.08. The average Bonchev–Trinajstić information content (AvgIpc) is 2.92. The first-order valence-electron chi connectivity index (χ1n) is 5.05. The molecule has 0 spiro atoms. The van der Waals surface area contributed by atoms with Gasteiger partial charge in [0, 0.05) is 6.20 Å². The van der Waals surface area contributed by atoms with E-state index in [-0.39, 0.29) is 0 Å². The van der Waals surface area contributed by atoms with Crippen LogP contribution in [0.2, 0.25) is 0 Å². The maximum absolute atomic E-state index is 10.6. The number of rotatable bonds is 1. The number of carbonyl (C=O) groups is 1. The third-order valence-corrected chi connectivity index (χ3v) is 1.93. The minimum Gasteiger partial charge on any atom is -0.475 e. The molecule has 0 bridgehead atoms. The number of nitrogens with zero attached hydrogens (tertiary/aromatic N) is 2. The Morgan fingerprint density at radius 1 is 1.35 bits per heavy atom. The highest BCUT2D eigenvalue weighted by Gasteiger charge is 2.38. The fourth-order valence-electron chi connectivity index (χ4n) is 1.11. The van der Waals surface area contributed by atoms with Crippen LogP contribution in [0.25, 0.3) is 11.5 Å². The standard InChI is InChI=1S/C10H6N2O.C2HF3O2/c11-7-8-3-1-5-12-10(8)9-4-2-6-13-9;3-2(4,5)1(6)7/h1-6H;(H,6,7). The molecule has 0 amide bonds. The van der Waals surface area contributed by atoms with Crippen molar-refractivity contribution in [2.24, 2.45) is 0 Å². The molecule has 5 nitrogen and oxygen atoms in total. The minimum absolute atomic E-state index is 0.525. The van der Waals surface area contributed by atoms with E-state index in [4.69, 9.17) is 19.6 Å². The molecule has 0 fully saturated rings. The van der Waals surface area contributed by atoms with Gasteiger partial charge in [-0.2, -0.15) is 18.4 Å². The fourth-order valence-corrected chi connectivity index (χ4v) is 1.11. The first-order chi connectivity index (χ1) is 9.36. The number of carboxylic acid groups (broad SMARTS) is 1. The second-order valence-corrected chi connectivity index (χ2v) is 3.29. The zero-order valence-corrected chi connectivity index (χ0v) is 9.76. The summed E-state index contributed by atoms with van der Waals surface area (Å²) in [5.74, 6) is -2.13. The molecule has 0 saturated heterocycles. The van der Waals surface area contributed by atoms with E-state index in [1.54, 1.807) is 36.7 Å². The van der Waals surface area contributed by atoms with Crippen molar-refractivity contribution in [1.82, 2.24) is 4.98 Å². The molecule has 2 aromatic rings. The normalized spacial score (nSPS) is 10.1. The molecule has 0 unspecified atom stereocenters. The van der Waals surface area contributed by atoms with E-state index >= 15 is 0 Å². The van der Waals surface area contributed by atoms with Gasteiger partial charge in [0.15, 0.2) is 5.76 Å². The van der Waals surface area contributed by atoms with Crippen LogP contribution in [-0.2, 0) is 4.79 Å². The van der Waals surface area contributed by atoms with Gasteiger partial charge in [0.25, 0.3) is 0 Å². The van der Waals surface area contributed by atoms with Crippen LogP contribution in [0.5, 0.6) is 0 Å². The molecule has 8 heteroatoms. The van der Waals surface area contributed by atoms with Crippen molar-refractivity contribution in [3.8, 4) is 17.5 Å². The Kier molecular flexibility index (Phi) is 4.86. The van der Waals surface area contributed by atoms with Crippen molar-refractivity contribution in [3.05, 3.63) is 42.3 Å². The second kappa shape index (κ2) is 6.38. The smallest absolute Gasteiger partial charge is 0.475 e. The van der Waals surface area contributed by atoms with E-state index < -0.39 is 12.1 Å². The summed E-state index contributed by atoms with van der Waals surface area (Å²) in [4.78, 5) is 13.0. The maximum atomic E-state index is 10.6. The number of pyridine rings is 1. The monoisotopic (exact) mass is 284 g/mol. The summed E-state index contributed by atoms with van der Waals surface area (Å²) < 4.78 is 36.9. The van der Waals surface area contributed by atoms with Crippen LogP contribution in [0.3, 0.4) is 0 Å². The largest absolute Gasteiger partial charge is 0.490 e. The van der Waals surface area contributed by atoms with Gasteiger partial charge < -0.3 is 9.52 Å². The van der Waals surface area contributed by atoms with Crippen molar-refractivity contribution in [2.75, 3.05) is 0 Å². The molecule has 0 radical (unpaired) electrons. The van der Waals surface area contributed by atoms with Crippen LogP contribution in [0.1, 0.15) is 5.56 Å². The number of carboxylic acids is 1.